The smallest absolute Gasteiger partial charge is 0.251 e. The SMILES string of the molecule is CNc1ncc(Br)c(N2CC(=O)NC(=O)C2(C)C)n1. The standard InChI is InChI=1S/C11H14BrN5O2/c1-11(2)9(19)15-7(18)5-17(11)8-6(12)4-14-10(13-3)16-8/h4H,5H2,1-3H3,(H,13,14,16)(H,15,18,19). The van der Waals surface area contributed by atoms with E-state index < -0.39 is 5.54 Å². The number of nitrogens with zero attached hydrogens (tertiary/aromatic N) is 3. The highest BCUT2D eigenvalue weighted by molar-refractivity contribution is 9.10. The van der Waals surface area contributed by atoms with Crippen LogP contribution in [0.1, 0.15) is 13.8 Å². The van der Waals surface area contributed by atoms with Gasteiger partial charge in [-0.1, -0.05) is 0 Å². The second-order valence-electron chi connectivity index (χ2n) is 4.64. The van der Waals surface area contributed by atoms with Gasteiger partial charge in [-0.3, -0.25) is 14.9 Å². The number of carbonyl (C=O) groups excluding carboxylic acids is 2. The Morgan fingerprint density at radius 2 is 2.16 bits per heavy atom. The number of amides is 2. The van der Waals surface area contributed by atoms with Gasteiger partial charge in [-0.25, -0.2) is 4.98 Å². The molecule has 2 heterocycles. The maximum Gasteiger partial charge on any atom is 0.251 e. The molecule has 0 bridgehead atoms. The first-order valence-corrected chi connectivity index (χ1v) is 6.47. The number of halogens is 1. The number of rotatable bonds is 2. The highest BCUT2D eigenvalue weighted by Crippen LogP contribution is 2.31. The van der Waals surface area contributed by atoms with E-state index in [-0.39, 0.29) is 18.4 Å². The molecule has 1 aliphatic rings. The third-order valence-electron chi connectivity index (χ3n) is 2.99. The number of imide groups is 1. The normalized spacial score (nSPS) is 18.2. The minimum atomic E-state index is -0.865. The molecule has 102 valence electrons. The van der Waals surface area contributed by atoms with Crippen molar-refractivity contribution in [3.05, 3.63) is 10.7 Å². The van der Waals surface area contributed by atoms with Crippen LogP contribution in [0, 0.1) is 0 Å². The number of piperazine rings is 1. The molecule has 0 atom stereocenters. The summed E-state index contributed by atoms with van der Waals surface area (Å²) in [6, 6.07) is 0. The van der Waals surface area contributed by atoms with E-state index >= 15 is 0 Å². The summed E-state index contributed by atoms with van der Waals surface area (Å²) in [5.74, 6) is 0.237. The summed E-state index contributed by atoms with van der Waals surface area (Å²) >= 11 is 3.35. The fourth-order valence-electron chi connectivity index (χ4n) is 1.79. The van der Waals surface area contributed by atoms with Crippen LogP contribution in [0.15, 0.2) is 10.7 Å². The third-order valence-corrected chi connectivity index (χ3v) is 3.55. The third kappa shape index (κ3) is 2.40. The average molecular weight is 328 g/mol. The van der Waals surface area contributed by atoms with Gasteiger partial charge in [-0.15, -0.1) is 0 Å². The largest absolute Gasteiger partial charge is 0.357 e. The molecule has 19 heavy (non-hydrogen) atoms. The molecule has 2 N–H and O–H groups in total. The molecule has 0 saturated carbocycles. The second-order valence-corrected chi connectivity index (χ2v) is 5.49. The van der Waals surface area contributed by atoms with Crippen LogP contribution in [0.2, 0.25) is 0 Å². The van der Waals surface area contributed by atoms with Crippen molar-refractivity contribution < 1.29 is 9.59 Å². The fourth-order valence-corrected chi connectivity index (χ4v) is 2.20. The van der Waals surface area contributed by atoms with E-state index in [1.54, 1.807) is 32.0 Å². The topological polar surface area (TPSA) is 87.2 Å². The van der Waals surface area contributed by atoms with Gasteiger partial charge in [0, 0.05) is 13.2 Å². The number of carbonyl (C=O) groups is 2. The van der Waals surface area contributed by atoms with Gasteiger partial charge in [-0.2, -0.15) is 4.98 Å². The van der Waals surface area contributed by atoms with Crippen molar-refractivity contribution >= 4 is 39.5 Å². The Labute approximate surface area is 118 Å². The zero-order valence-electron chi connectivity index (χ0n) is 10.8. The summed E-state index contributed by atoms with van der Waals surface area (Å²) in [5, 5.41) is 5.15. The molecule has 0 unspecified atom stereocenters. The Balaban J connectivity index is 2.49. The summed E-state index contributed by atoms with van der Waals surface area (Å²) in [6.07, 6.45) is 1.58. The van der Waals surface area contributed by atoms with Crippen molar-refractivity contribution in [2.24, 2.45) is 0 Å². The summed E-state index contributed by atoms with van der Waals surface area (Å²) in [7, 11) is 1.70. The van der Waals surface area contributed by atoms with Gasteiger partial charge in [0.25, 0.3) is 5.91 Å². The highest BCUT2D eigenvalue weighted by Gasteiger charge is 2.42. The Bertz CT molecular complexity index is 546. The van der Waals surface area contributed by atoms with Gasteiger partial charge in [0.2, 0.25) is 11.9 Å². The van der Waals surface area contributed by atoms with Crippen molar-refractivity contribution in [1.29, 1.82) is 0 Å². The average Bonchev–Trinajstić information content (AvgIpc) is 2.35. The van der Waals surface area contributed by atoms with E-state index in [4.69, 9.17) is 0 Å². The van der Waals surface area contributed by atoms with E-state index in [1.807, 2.05) is 0 Å². The molecule has 0 spiro atoms. The lowest BCUT2D eigenvalue weighted by molar-refractivity contribution is -0.135. The molecule has 0 aromatic carbocycles. The first-order valence-electron chi connectivity index (χ1n) is 5.68. The maximum absolute atomic E-state index is 11.9. The quantitative estimate of drug-likeness (QED) is 0.770. The molecular formula is C11H14BrN5O2. The summed E-state index contributed by atoms with van der Waals surface area (Å²) in [6.45, 7) is 3.54. The van der Waals surface area contributed by atoms with Crippen LogP contribution in [0.3, 0.4) is 0 Å². The van der Waals surface area contributed by atoms with E-state index in [1.165, 1.54) is 0 Å². The molecule has 2 amide bonds. The number of anilines is 2. The number of hydrogen-bond donors (Lipinski definition) is 2. The molecular weight excluding hydrogens is 314 g/mol. The molecule has 1 aromatic rings. The van der Waals surface area contributed by atoms with Gasteiger partial charge < -0.3 is 10.2 Å². The predicted molar refractivity (Wildman–Crippen MR) is 73.9 cm³/mol. The van der Waals surface area contributed by atoms with Gasteiger partial charge in [-0.05, 0) is 29.8 Å². The zero-order chi connectivity index (χ0) is 14.2. The molecule has 2 rings (SSSR count). The Kier molecular flexibility index (Phi) is 3.44. The van der Waals surface area contributed by atoms with Crippen LogP contribution >= 0.6 is 15.9 Å². The van der Waals surface area contributed by atoms with Crippen LogP contribution in [0.25, 0.3) is 0 Å². The van der Waals surface area contributed by atoms with Gasteiger partial charge in [0.1, 0.15) is 11.4 Å². The van der Waals surface area contributed by atoms with Crippen molar-refractivity contribution in [3.63, 3.8) is 0 Å². The minimum absolute atomic E-state index is 0.0670. The second kappa shape index (κ2) is 4.76. The number of aromatic nitrogens is 2. The van der Waals surface area contributed by atoms with Crippen LogP contribution in [0.5, 0.6) is 0 Å². The van der Waals surface area contributed by atoms with E-state index in [2.05, 4.69) is 36.5 Å². The summed E-state index contributed by atoms with van der Waals surface area (Å²) < 4.78 is 0.627. The number of hydrogen-bond acceptors (Lipinski definition) is 6. The van der Waals surface area contributed by atoms with Crippen molar-refractivity contribution in [3.8, 4) is 0 Å². The molecule has 0 radical (unpaired) electrons. The lowest BCUT2D eigenvalue weighted by atomic mass is 9.99. The molecule has 1 aromatic heterocycles. The molecule has 8 heteroatoms. The van der Waals surface area contributed by atoms with Crippen molar-refractivity contribution in [1.82, 2.24) is 15.3 Å². The van der Waals surface area contributed by atoms with Gasteiger partial charge in [0.15, 0.2) is 0 Å². The molecule has 1 fully saturated rings. The summed E-state index contributed by atoms with van der Waals surface area (Å²) in [5.41, 5.74) is -0.865. The van der Waals surface area contributed by atoms with Crippen LogP contribution in [0.4, 0.5) is 11.8 Å². The van der Waals surface area contributed by atoms with Crippen LogP contribution < -0.4 is 15.5 Å². The lowest BCUT2D eigenvalue weighted by Crippen LogP contribution is -2.64. The monoisotopic (exact) mass is 327 g/mol. The van der Waals surface area contributed by atoms with Gasteiger partial charge >= 0.3 is 0 Å². The minimum Gasteiger partial charge on any atom is -0.357 e. The molecule has 7 nitrogen and oxygen atoms in total. The van der Waals surface area contributed by atoms with Crippen molar-refractivity contribution in [2.45, 2.75) is 19.4 Å². The zero-order valence-corrected chi connectivity index (χ0v) is 12.4. The first-order chi connectivity index (χ1) is 8.86. The van der Waals surface area contributed by atoms with Crippen molar-refractivity contribution in [2.75, 3.05) is 23.8 Å². The Hall–Kier alpha value is -1.70. The Morgan fingerprint density at radius 3 is 2.79 bits per heavy atom. The van der Waals surface area contributed by atoms with E-state index in [9.17, 15) is 9.59 Å². The summed E-state index contributed by atoms with van der Waals surface area (Å²) in [4.78, 5) is 33.5. The molecule has 0 aliphatic carbocycles. The Morgan fingerprint density at radius 1 is 1.47 bits per heavy atom. The first kappa shape index (κ1) is 13.7. The van der Waals surface area contributed by atoms with E-state index in [0.717, 1.165) is 0 Å². The lowest BCUT2D eigenvalue weighted by Gasteiger charge is -2.41. The van der Waals surface area contributed by atoms with Crippen LogP contribution in [-0.4, -0.2) is 40.9 Å². The number of nitrogens with one attached hydrogen (secondary N) is 2. The fraction of sp³-hybridized carbons (Fsp3) is 0.455. The molecule has 1 aliphatic heterocycles. The maximum atomic E-state index is 11.9. The van der Waals surface area contributed by atoms with Gasteiger partial charge in [0.05, 0.1) is 11.0 Å². The molecule has 1 saturated heterocycles. The van der Waals surface area contributed by atoms with Crippen LogP contribution in [-0.2, 0) is 9.59 Å². The predicted octanol–water partition coefficient (Wildman–Crippen LogP) is 0.522. The van der Waals surface area contributed by atoms with E-state index in [0.29, 0.717) is 16.2 Å². The highest BCUT2D eigenvalue weighted by atomic mass is 79.9.